The highest BCUT2D eigenvalue weighted by atomic mass is 35.5. The molecular formula is C14H18ClN3O2S. The van der Waals surface area contributed by atoms with Gasteiger partial charge in [-0.25, -0.2) is 18.1 Å². The summed E-state index contributed by atoms with van der Waals surface area (Å²) in [6, 6.07) is 9.82. The van der Waals surface area contributed by atoms with Gasteiger partial charge >= 0.3 is 0 Å². The van der Waals surface area contributed by atoms with Gasteiger partial charge in [-0.1, -0.05) is 48.9 Å². The van der Waals surface area contributed by atoms with Crippen LogP contribution in [0, 0.1) is 0 Å². The van der Waals surface area contributed by atoms with E-state index < -0.39 is 10.0 Å². The molecule has 0 aliphatic rings. The molecule has 0 unspecified atom stereocenters. The first-order chi connectivity index (χ1) is 9.95. The van der Waals surface area contributed by atoms with Gasteiger partial charge in [0, 0.05) is 13.6 Å². The molecule has 0 spiro atoms. The van der Waals surface area contributed by atoms with E-state index in [-0.39, 0.29) is 16.1 Å². The molecule has 0 fully saturated rings. The van der Waals surface area contributed by atoms with E-state index in [0.717, 1.165) is 12.0 Å². The Kier molecular flexibility index (Phi) is 5.03. The first kappa shape index (κ1) is 16.0. The Morgan fingerprint density at radius 2 is 2.00 bits per heavy atom. The summed E-state index contributed by atoms with van der Waals surface area (Å²) in [6.07, 6.45) is 2.22. The number of nitrogens with one attached hydrogen (secondary N) is 1. The van der Waals surface area contributed by atoms with Crippen molar-refractivity contribution in [3.63, 3.8) is 0 Å². The number of aromatic nitrogens is 2. The minimum Gasteiger partial charge on any atom is -0.324 e. The first-order valence-corrected chi connectivity index (χ1v) is 8.53. The maximum atomic E-state index is 12.2. The van der Waals surface area contributed by atoms with Crippen molar-refractivity contribution in [1.29, 1.82) is 0 Å². The van der Waals surface area contributed by atoms with Gasteiger partial charge in [0.1, 0.15) is 5.15 Å². The van der Waals surface area contributed by atoms with Crippen LogP contribution in [0.2, 0.25) is 5.15 Å². The fraction of sp³-hybridized carbons (Fsp3) is 0.357. The van der Waals surface area contributed by atoms with Gasteiger partial charge in [-0.3, -0.25) is 0 Å². The van der Waals surface area contributed by atoms with Crippen LogP contribution in [0.3, 0.4) is 0 Å². The van der Waals surface area contributed by atoms with Crippen LogP contribution in [-0.4, -0.2) is 24.5 Å². The summed E-state index contributed by atoms with van der Waals surface area (Å²) in [5.41, 5.74) is 1.11. The van der Waals surface area contributed by atoms with Crippen molar-refractivity contribution >= 4 is 21.6 Å². The Balaban J connectivity index is 2.13. The van der Waals surface area contributed by atoms with Crippen molar-refractivity contribution in [2.45, 2.75) is 24.3 Å². The molecule has 1 N–H and O–H groups in total. The third-order valence-corrected chi connectivity index (χ3v) is 5.28. The molecule has 5 nitrogen and oxygen atoms in total. The van der Waals surface area contributed by atoms with E-state index in [9.17, 15) is 8.42 Å². The summed E-state index contributed by atoms with van der Waals surface area (Å²) in [5, 5.41) is -0.0233. The summed E-state index contributed by atoms with van der Waals surface area (Å²) in [6.45, 7) is 2.34. The zero-order valence-electron chi connectivity index (χ0n) is 12.0. The van der Waals surface area contributed by atoms with Crippen molar-refractivity contribution in [2.24, 2.45) is 7.05 Å². The standard InChI is InChI=1S/C14H18ClN3O2S/c1-3-11(12-7-5-4-6-8-12)9-17-21(19,20)14-13(15)18(2)10-16-14/h4-8,10-11,17H,3,9H2,1-2H3/t11-/m1/s1. The molecule has 0 radical (unpaired) electrons. The van der Waals surface area contributed by atoms with Crippen LogP contribution in [0.4, 0.5) is 0 Å². The van der Waals surface area contributed by atoms with Gasteiger partial charge in [-0.15, -0.1) is 0 Å². The number of hydrogen-bond donors (Lipinski definition) is 1. The molecule has 0 saturated carbocycles. The zero-order chi connectivity index (χ0) is 15.5. The summed E-state index contributed by atoms with van der Waals surface area (Å²) < 4.78 is 28.5. The van der Waals surface area contributed by atoms with E-state index in [1.165, 1.54) is 10.9 Å². The Morgan fingerprint density at radius 1 is 1.33 bits per heavy atom. The van der Waals surface area contributed by atoms with E-state index in [1.54, 1.807) is 7.05 Å². The molecular weight excluding hydrogens is 310 g/mol. The van der Waals surface area contributed by atoms with Gasteiger partial charge in [0.25, 0.3) is 10.0 Å². The van der Waals surface area contributed by atoms with Crippen LogP contribution in [-0.2, 0) is 17.1 Å². The van der Waals surface area contributed by atoms with Gasteiger partial charge in [0.15, 0.2) is 0 Å². The average molecular weight is 328 g/mol. The normalized spacial score (nSPS) is 13.3. The topological polar surface area (TPSA) is 64.0 Å². The third-order valence-electron chi connectivity index (χ3n) is 3.37. The Bertz CT molecular complexity index is 698. The zero-order valence-corrected chi connectivity index (χ0v) is 13.5. The van der Waals surface area contributed by atoms with Crippen molar-refractivity contribution in [3.05, 3.63) is 47.4 Å². The van der Waals surface area contributed by atoms with Crippen LogP contribution in [0.25, 0.3) is 0 Å². The molecule has 0 saturated heterocycles. The minimum atomic E-state index is -3.70. The number of imidazole rings is 1. The van der Waals surface area contributed by atoms with Crippen LogP contribution in [0.1, 0.15) is 24.8 Å². The second-order valence-electron chi connectivity index (χ2n) is 4.82. The van der Waals surface area contributed by atoms with E-state index in [2.05, 4.69) is 9.71 Å². The van der Waals surface area contributed by atoms with E-state index in [1.807, 2.05) is 37.3 Å². The van der Waals surface area contributed by atoms with E-state index in [4.69, 9.17) is 11.6 Å². The monoisotopic (exact) mass is 327 g/mol. The average Bonchev–Trinajstić information content (AvgIpc) is 2.81. The highest BCUT2D eigenvalue weighted by Gasteiger charge is 2.23. The smallest absolute Gasteiger partial charge is 0.261 e. The lowest BCUT2D eigenvalue weighted by molar-refractivity contribution is 0.563. The number of halogens is 1. The Labute approximate surface area is 130 Å². The maximum absolute atomic E-state index is 12.2. The molecule has 0 bridgehead atoms. The lowest BCUT2D eigenvalue weighted by atomic mass is 9.97. The molecule has 1 atom stereocenters. The number of hydrogen-bond acceptors (Lipinski definition) is 3. The molecule has 1 heterocycles. The van der Waals surface area contributed by atoms with Crippen molar-refractivity contribution in [2.75, 3.05) is 6.54 Å². The van der Waals surface area contributed by atoms with Crippen molar-refractivity contribution in [1.82, 2.24) is 14.3 Å². The Hall–Kier alpha value is -1.37. The van der Waals surface area contributed by atoms with E-state index >= 15 is 0 Å². The Morgan fingerprint density at radius 3 is 2.52 bits per heavy atom. The fourth-order valence-corrected chi connectivity index (χ4v) is 3.58. The van der Waals surface area contributed by atoms with Crippen LogP contribution >= 0.6 is 11.6 Å². The fourth-order valence-electron chi connectivity index (χ4n) is 2.08. The summed E-state index contributed by atoms with van der Waals surface area (Å²) in [5.74, 6) is 0.114. The van der Waals surface area contributed by atoms with Gasteiger partial charge in [0.05, 0.1) is 6.33 Å². The van der Waals surface area contributed by atoms with Gasteiger partial charge in [-0.05, 0) is 17.9 Å². The van der Waals surface area contributed by atoms with Gasteiger partial charge in [0.2, 0.25) is 5.03 Å². The molecule has 2 rings (SSSR count). The lowest BCUT2D eigenvalue weighted by Crippen LogP contribution is -2.29. The molecule has 114 valence electrons. The highest BCUT2D eigenvalue weighted by molar-refractivity contribution is 7.89. The lowest BCUT2D eigenvalue weighted by Gasteiger charge is -2.15. The summed E-state index contributed by atoms with van der Waals surface area (Å²) in [4.78, 5) is 3.84. The SMILES string of the molecule is CC[C@H](CNS(=O)(=O)c1ncn(C)c1Cl)c1ccccc1. The second-order valence-corrected chi connectivity index (χ2v) is 6.86. The number of sulfonamides is 1. The predicted molar refractivity (Wildman–Crippen MR) is 82.9 cm³/mol. The van der Waals surface area contributed by atoms with Gasteiger partial charge in [-0.2, -0.15) is 0 Å². The molecule has 7 heteroatoms. The largest absolute Gasteiger partial charge is 0.324 e. The maximum Gasteiger partial charge on any atom is 0.261 e. The quantitative estimate of drug-likeness (QED) is 0.886. The molecule has 0 aliphatic carbocycles. The van der Waals surface area contributed by atoms with Crippen LogP contribution in [0.15, 0.2) is 41.7 Å². The molecule has 1 aromatic heterocycles. The van der Waals surface area contributed by atoms with Crippen molar-refractivity contribution in [3.8, 4) is 0 Å². The summed E-state index contributed by atoms with van der Waals surface area (Å²) >= 11 is 5.94. The molecule has 2 aromatic rings. The second kappa shape index (κ2) is 6.60. The van der Waals surface area contributed by atoms with Crippen LogP contribution < -0.4 is 4.72 Å². The summed E-state index contributed by atoms with van der Waals surface area (Å²) in [7, 11) is -2.05. The third kappa shape index (κ3) is 3.64. The van der Waals surface area contributed by atoms with Crippen LogP contribution in [0.5, 0.6) is 0 Å². The van der Waals surface area contributed by atoms with Crippen molar-refractivity contribution < 1.29 is 8.42 Å². The number of benzene rings is 1. The number of aryl methyl sites for hydroxylation is 1. The minimum absolute atomic E-state index is 0.107. The number of rotatable bonds is 6. The van der Waals surface area contributed by atoms with Gasteiger partial charge < -0.3 is 4.57 Å². The molecule has 21 heavy (non-hydrogen) atoms. The highest BCUT2D eigenvalue weighted by Crippen LogP contribution is 2.21. The molecule has 0 amide bonds. The first-order valence-electron chi connectivity index (χ1n) is 6.67. The molecule has 0 aliphatic heterocycles. The molecule has 1 aromatic carbocycles. The van der Waals surface area contributed by atoms with E-state index in [0.29, 0.717) is 6.54 Å². The number of nitrogens with zero attached hydrogens (tertiary/aromatic N) is 2. The predicted octanol–water partition coefficient (Wildman–Crippen LogP) is 2.55.